The van der Waals surface area contributed by atoms with E-state index < -0.39 is 6.04 Å². The van der Waals surface area contributed by atoms with E-state index in [1.807, 2.05) is 13.0 Å². The number of amides is 2. The summed E-state index contributed by atoms with van der Waals surface area (Å²) in [6, 6.07) is 4.65. The zero-order chi connectivity index (χ0) is 16.1. The van der Waals surface area contributed by atoms with Crippen LogP contribution in [0.25, 0.3) is 0 Å². The first-order chi connectivity index (χ1) is 10.5. The van der Waals surface area contributed by atoms with Gasteiger partial charge < -0.3 is 19.7 Å². The number of nitrogens with zero attached hydrogens (tertiary/aromatic N) is 1. The Kier molecular flexibility index (Phi) is 5.38. The highest BCUT2D eigenvalue weighted by Crippen LogP contribution is 2.19. The Morgan fingerprint density at radius 3 is 2.64 bits per heavy atom. The van der Waals surface area contributed by atoms with Gasteiger partial charge in [0.05, 0.1) is 20.3 Å². The number of aryl methyl sites for hydroxylation is 1. The molecule has 0 bridgehead atoms. The lowest BCUT2D eigenvalue weighted by atomic mass is 10.1. The maximum Gasteiger partial charge on any atom is 0.252 e. The lowest BCUT2D eigenvalue weighted by Gasteiger charge is -2.29. The molecule has 0 aliphatic carbocycles. The summed E-state index contributed by atoms with van der Waals surface area (Å²) >= 11 is 0. The van der Waals surface area contributed by atoms with E-state index >= 15 is 0 Å². The van der Waals surface area contributed by atoms with E-state index in [9.17, 15) is 9.59 Å². The van der Waals surface area contributed by atoms with Crippen LogP contribution >= 0.6 is 0 Å². The smallest absolute Gasteiger partial charge is 0.252 e. The van der Waals surface area contributed by atoms with E-state index in [2.05, 4.69) is 5.32 Å². The number of ether oxygens (including phenoxy) is 2. The van der Waals surface area contributed by atoms with Gasteiger partial charge in [0, 0.05) is 18.7 Å². The van der Waals surface area contributed by atoms with Crippen LogP contribution in [0.5, 0.6) is 5.75 Å². The zero-order valence-corrected chi connectivity index (χ0v) is 13.2. The van der Waals surface area contributed by atoms with E-state index in [0.29, 0.717) is 37.6 Å². The highest BCUT2D eigenvalue weighted by molar-refractivity contribution is 5.97. The molecule has 22 heavy (non-hydrogen) atoms. The quantitative estimate of drug-likeness (QED) is 0.900. The van der Waals surface area contributed by atoms with Crippen LogP contribution in [0.3, 0.4) is 0 Å². The molecule has 1 N–H and O–H groups in total. The molecule has 120 valence electrons. The second-order valence-corrected chi connectivity index (χ2v) is 5.32. The van der Waals surface area contributed by atoms with Gasteiger partial charge in [0.15, 0.2) is 0 Å². The number of carbonyl (C=O) groups is 2. The standard InChI is InChI=1S/C16H22N2O4/c1-11-4-5-13(10-14(11)21-3)15(19)17-12(2)16(20)18-6-8-22-9-7-18/h4-5,10,12H,6-9H2,1-3H3,(H,17,19). The van der Waals surface area contributed by atoms with Gasteiger partial charge in [-0.05, 0) is 31.5 Å². The Bertz CT molecular complexity index is 553. The van der Waals surface area contributed by atoms with Gasteiger partial charge in [-0.15, -0.1) is 0 Å². The largest absolute Gasteiger partial charge is 0.496 e. The third-order valence-electron chi connectivity index (χ3n) is 3.71. The Morgan fingerprint density at radius 1 is 1.32 bits per heavy atom. The SMILES string of the molecule is COc1cc(C(=O)NC(C)C(=O)N2CCOCC2)ccc1C. The Morgan fingerprint density at radius 2 is 2.00 bits per heavy atom. The van der Waals surface area contributed by atoms with Crippen LogP contribution in [0.4, 0.5) is 0 Å². The van der Waals surface area contributed by atoms with Gasteiger partial charge in [0.25, 0.3) is 5.91 Å². The second-order valence-electron chi connectivity index (χ2n) is 5.32. The zero-order valence-electron chi connectivity index (χ0n) is 13.2. The molecule has 2 rings (SSSR count). The normalized spacial score (nSPS) is 16.0. The topological polar surface area (TPSA) is 67.9 Å². The molecule has 0 spiro atoms. The van der Waals surface area contributed by atoms with Crippen molar-refractivity contribution < 1.29 is 19.1 Å². The van der Waals surface area contributed by atoms with Gasteiger partial charge in [-0.3, -0.25) is 9.59 Å². The average Bonchev–Trinajstić information content (AvgIpc) is 2.55. The van der Waals surface area contributed by atoms with E-state index in [1.165, 1.54) is 0 Å². The number of benzene rings is 1. The van der Waals surface area contributed by atoms with Crippen molar-refractivity contribution in [1.29, 1.82) is 0 Å². The van der Waals surface area contributed by atoms with Gasteiger partial charge in [0.1, 0.15) is 11.8 Å². The van der Waals surface area contributed by atoms with Crippen molar-refractivity contribution in [3.8, 4) is 5.75 Å². The van der Waals surface area contributed by atoms with Gasteiger partial charge in [-0.2, -0.15) is 0 Å². The fourth-order valence-electron chi connectivity index (χ4n) is 2.36. The van der Waals surface area contributed by atoms with Gasteiger partial charge in [-0.25, -0.2) is 0 Å². The minimum Gasteiger partial charge on any atom is -0.496 e. The van der Waals surface area contributed by atoms with E-state index in [1.54, 1.807) is 31.1 Å². The Hall–Kier alpha value is -2.08. The van der Waals surface area contributed by atoms with Crippen LogP contribution in [0.15, 0.2) is 18.2 Å². The van der Waals surface area contributed by atoms with Crippen molar-refractivity contribution in [3.05, 3.63) is 29.3 Å². The molecule has 0 aromatic heterocycles. The third-order valence-corrected chi connectivity index (χ3v) is 3.71. The second kappa shape index (κ2) is 7.26. The summed E-state index contributed by atoms with van der Waals surface area (Å²) in [7, 11) is 1.56. The Labute approximate surface area is 130 Å². The summed E-state index contributed by atoms with van der Waals surface area (Å²) in [6.45, 7) is 5.82. The van der Waals surface area contributed by atoms with Gasteiger partial charge in [0.2, 0.25) is 5.91 Å². The molecule has 0 radical (unpaired) electrons. The lowest BCUT2D eigenvalue weighted by Crippen LogP contribution is -2.50. The van der Waals surface area contributed by atoms with Crippen molar-refractivity contribution in [2.75, 3.05) is 33.4 Å². The molecule has 6 nitrogen and oxygen atoms in total. The molecule has 1 heterocycles. The molecule has 1 saturated heterocycles. The molecule has 0 saturated carbocycles. The first kappa shape index (κ1) is 16.3. The maximum absolute atomic E-state index is 12.3. The monoisotopic (exact) mass is 306 g/mol. The van der Waals surface area contributed by atoms with Crippen LogP contribution in [0.2, 0.25) is 0 Å². The van der Waals surface area contributed by atoms with Gasteiger partial charge in [-0.1, -0.05) is 6.07 Å². The average molecular weight is 306 g/mol. The van der Waals surface area contributed by atoms with Crippen LogP contribution in [-0.2, 0) is 9.53 Å². The van der Waals surface area contributed by atoms with E-state index in [0.717, 1.165) is 5.56 Å². The van der Waals surface area contributed by atoms with Crippen LogP contribution < -0.4 is 10.1 Å². The first-order valence-corrected chi connectivity index (χ1v) is 7.35. The summed E-state index contributed by atoms with van der Waals surface area (Å²) in [5.41, 5.74) is 1.43. The third kappa shape index (κ3) is 3.76. The highest BCUT2D eigenvalue weighted by atomic mass is 16.5. The molecule has 2 amide bonds. The first-order valence-electron chi connectivity index (χ1n) is 7.35. The number of carbonyl (C=O) groups excluding carboxylic acids is 2. The number of hydrogen-bond acceptors (Lipinski definition) is 4. The van der Waals surface area contributed by atoms with Crippen LogP contribution in [-0.4, -0.2) is 56.2 Å². The van der Waals surface area contributed by atoms with Crippen molar-refractivity contribution >= 4 is 11.8 Å². The minimum atomic E-state index is -0.571. The van der Waals surface area contributed by atoms with Crippen molar-refractivity contribution in [1.82, 2.24) is 10.2 Å². The maximum atomic E-state index is 12.3. The molecule has 1 aliphatic heterocycles. The molecule has 1 aromatic rings. The summed E-state index contributed by atoms with van der Waals surface area (Å²) in [5.74, 6) is 0.281. The molecule has 1 atom stereocenters. The molecule has 1 aromatic carbocycles. The van der Waals surface area contributed by atoms with E-state index in [4.69, 9.17) is 9.47 Å². The lowest BCUT2D eigenvalue weighted by molar-refractivity contribution is -0.136. The predicted molar refractivity (Wildman–Crippen MR) is 82.1 cm³/mol. The molecule has 1 unspecified atom stereocenters. The summed E-state index contributed by atoms with van der Waals surface area (Å²) < 4.78 is 10.4. The number of nitrogens with one attached hydrogen (secondary N) is 1. The van der Waals surface area contributed by atoms with Crippen molar-refractivity contribution in [3.63, 3.8) is 0 Å². The molecular weight excluding hydrogens is 284 g/mol. The fraction of sp³-hybridized carbons (Fsp3) is 0.500. The number of morpholine rings is 1. The predicted octanol–water partition coefficient (Wildman–Crippen LogP) is 0.981. The van der Waals surface area contributed by atoms with Crippen molar-refractivity contribution in [2.45, 2.75) is 19.9 Å². The molecule has 1 fully saturated rings. The minimum absolute atomic E-state index is 0.0873. The summed E-state index contributed by atoms with van der Waals surface area (Å²) in [4.78, 5) is 26.2. The highest BCUT2D eigenvalue weighted by Gasteiger charge is 2.24. The molecular formula is C16H22N2O4. The number of methoxy groups -OCH3 is 1. The summed E-state index contributed by atoms with van der Waals surface area (Å²) in [6.07, 6.45) is 0. The molecule has 6 heteroatoms. The summed E-state index contributed by atoms with van der Waals surface area (Å²) in [5, 5.41) is 2.74. The van der Waals surface area contributed by atoms with Crippen molar-refractivity contribution in [2.24, 2.45) is 0 Å². The van der Waals surface area contributed by atoms with Crippen LogP contribution in [0.1, 0.15) is 22.8 Å². The fourth-order valence-corrected chi connectivity index (χ4v) is 2.36. The molecule has 1 aliphatic rings. The van der Waals surface area contributed by atoms with E-state index in [-0.39, 0.29) is 11.8 Å². The van der Waals surface area contributed by atoms with Crippen LogP contribution in [0, 0.1) is 6.92 Å². The number of hydrogen-bond donors (Lipinski definition) is 1. The Balaban J connectivity index is 1.99. The number of rotatable bonds is 4. The van der Waals surface area contributed by atoms with Gasteiger partial charge >= 0.3 is 0 Å².